The highest BCUT2D eigenvalue weighted by Crippen LogP contribution is 2.40. The molecule has 0 bridgehead atoms. The Hall–Kier alpha value is -2.62. The normalized spacial score (nSPS) is 22.4. The average molecular weight is 464 g/mol. The van der Waals surface area contributed by atoms with E-state index in [9.17, 15) is 9.59 Å². The third kappa shape index (κ3) is 5.15. The van der Waals surface area contributed by atoms with E-state index in [4.69, 9.17) is 9.47 Å². The second-order valence-electron chi connectivity index (χ2n) is 10.1. The number of ether oxygens (including phenoxy) is 2. The van der Waals surface area contributed by atoms with Gasteiger partial charge >= 0.3 is 0 Å². The van der Waals surface area contributed by atoms with Crippen molar-refractivity contribution in [3.63, 3.8) is 0 Å². The number of Topliss-reactive ketones (excluding diaryl/α,β-unsaturated/α-hetero) is 1. The number of hydrogen-bond donors (Lipinski definition) is 0. The third-order valence-electron chi connectivity index (χ3n) is 6.58. The number of aromatic nitrogens is 1. The van der Waals surface area contributed by atoms with Crippen molar-refractivity contribution in [2.45, 2.75) is 58.5 Å². The fourth-order valence-corrected chi connectivity index (χ4v) is 5.31. The maximum Gasteiger partial charge on any atom is 0.239 e. The molecule has 0 radical (unpaired) electrons. The maximum atomic E-state index is 13.5. The van der Waals surface area contributed by atoms with Gasteiger partial charge in [0, 0.05) is 18.5 Å². The van der Waals surface area contributed by atoms with Crippen molar-refractivity contribution in [1.29, 1.82) is 0 Å². The minimum Gasteiger partial charge on any atom is -0.483 e. The second kappa shape index (κ2) is 9.70. The van der Waals surface area contributed by atoms with Crippen LogP contribution in [0.5, 0.6) is 5.75 Å². The van der Waals surface area contributed by atoms with Gasteiger partial charge in [0.25, 0.3) is 0 Å². The minimum atomic E-state index is -1.70. The maximum absolute atomic E-state index is 13.5. The summed E-state index contributed by atoms with van der Waals surface area (Å²) in [5, 5.41) is 0. The molecule has 3 atom stereocenters. The summed E-state index contributed by atoms with van der Waals surface area (Å²) >= 11 is 0. The number of hydrogen-bond acceptors (Lipinski definition) is 4. The Labute approximate surface area is 197 Å². The Morgan fingerprint density at radius 3 is 2.61 bits per heavy atom. The van der Waals surface area contributed by atoms with Gasteiger partial charge in [-0.15, -0.1) is 5.54 Å². The number of nitrogens with zero attached hydrogens (tertiary/aromatic N) is 1. The average Bonchev–Trinajstić information content (AvgIpc) is 3.26. The van der Waals surface area contributed by atoms with Crippen LogP contribution in [-0.4, -0.2) is 31.6 Å². The van der Waals surface area contributed by atoms with E-state index in [0.29, 0.717) is 42.7 Å². The Balaban J connectivity index is 1.88. The predicted octanol–water partition coefficient (Wildman–Crippen LogP) is 4.85. The van der Waals surface area contributed by atoms with Gasteiger partial charge in [0.05, 0.1) is 24.8 Å². The number of carbonyl (C=O) groups is 1. The van der Waals surface area contributed by atoms with Gasteiger partial charge in [-0.25, -0.2) is 0 Å². The van der Waals surface area contributed by atoms with E-state index < -0.39 is 8.07 Å². The molecule has 3 unspecified atom stereocenters. The van der Waals surface area contributed by atoms with Crippen molar-refractivity contribution >= 4 is 13.9 Å². The molecular weight excluding hydrogens is 430 g/mol. The van der Waals surface area contributed by atoms with Crippen LogP contribution in [-0.2, 0) is 11.3 Å². The molecule has 1 aromatic carbocycles. The monoisotopic (exact) mass is 463 g/mol. The van der Waals surface area contributed by atoms with Crippen LogP contribution in [0.4, 0.5) is 0 Å². The van der Waals surface area contributed by atoms with Crippen molar-refractivity contribution in [2.75, 3.05) is 13.2 Å². The van der Waals surface area contributed by atoms with E-state index in [1.165, 1.54) is 0 Å². The summed E-state index contributed by atoms with van der Waals surface area (Å²) in [5.74, 6) is 3.96. The lowest BCUT2D eigenvalue weighted by atomic mass is 9.80. The van der Waals surface area contributed by atoms with Crippen LogP contribution >= 0.6 is 0 Å². The molecule has 0 amide bonds. The SMILES string of the molecule is CCC1CCC(=O)c2c(OCc3ccccc3)c(=O)c(C#C[Si](C)(C)C)cn2C2COCC12. The fourth-order valence-electron chi connectivity index (χ4n) is 4.80. The predicted molar refractivity (Wildman–Crippen MR) is 132 cm³/mol. The van der Waals surface area contributed by atoms with Crippen molar-refractivity contribution < 1.29 is 14.3 Å². The number of benzene rings is 1. The highest BCUT2D eigenvalue weighted by Gasteiger charge is 2.40. The fraction of sp³-hybridized carbons (Fsp3) is 0.481. The Morgan fingerprint density at radius 2 is 1.91 bits per heavy atom. The number of carbonyl (C=O) groups excluding carboxylic acids is 1. The first-order chi connectivity index (χ1) is 15.8. The molecule has 174 valence electrons. The zero-order valence-electron chi connectivity index (χ0n) is 20.0. The first-order valence-corrected chi connectivity index (χ1v) is 15.4. The molecule has 33 heavy (non-hydrogen) atoms. The minimum absolute atomic E-state index is 0.00121. The molecule has 0 aliphatic carbocycles. The first kappa shape index (κ1) is 23.5. The molecule has 6 heteroatoms. The number of rotatable bonds is 4. The van der Waals surface area contributed by atoms with E-state index in [1.807, 2.05) is 34.9 Å². The molecule has 1 fully saturated rings. The van der Waals surface area contributed by atoms with Crippen molar-refractivity contribution in [2.24, 2.45) is 11.8 Å². The van der Waals surface area contributed by atoms with E-state index in [-0.39, 0.29) is 29.6 Å². The molecule has 2 aliphatic heterocycles. The standard InChI is InChI=1S/C27H33NO4Si/c1-5-20-11-12-24(29)25-27(32-16-19-9-7-6-8-10-19)26(30)21(13-14-33(2,3)4)15-28(25)23-18-31-17-22(20)23/h6-10,15,20,22-23H,5,11-12,16-18H2,1-4H3. The van der Waals surface area contributed by atoms with Crippen LogP contribution in [0, 0.1) is 23.3 Å². The molecule has 2 aliphatic rings. The van der Waals surface area contributed by atoms with Gasteiger partial charge in [0.2, 0.25) is 5.43 Å². The third-order valence-corrected chi connectivity index (χ3v) is 7.45. The van der Waals surface area contributed by atoms with Gasteiger partial charge in [0.15, 0.2) is 11.5 Å². The number of pyridine rings is 1. The van der Waals surface area contributed by atoms with Crippen molar-refractivity contribution in [1.82, 2.24) is 4.57 Å². The number of fused-ring (bicyclic) bond motifs is 3. The molecule has 0 spiro atoms. The number of ketones is 1. The van der Waals surface area contributed by atoms with E-state index in [0.717, 1.165) is 18.4 Å². The van der Waals surface area contributed by atoms with Gasteiger partial charge in [-0.1, -0.05) is 69.2 Å². The van der Waals surface area contributed by atoms with Crippen molar-refractivity contribution in [3.8, 4) is 17.2 Å². The molecule has 0 saturated carbocycles. The summed E-state index contributed by atoms with van der Waals surface area (Å²) in [5.41, 5.74) is 4.74. The van der Waals surface area contributed by atoms with E-state index in [2.05, 4.69) is 38.0 Å². The van der Waals surface area contributed by atoms with Crippen LogP contribution in [0.2, 0.25) is 19.6 Å². The molecule has 1 aromatic heterocycles. The smallest absolute Gasteiger partial charge is 0.239 e. The molecule has 1 saturated heterocycles. The van der Waals surface area contributed by atoms with Crippen LogP contribution in [0.1, 0.15) is 53.8 Å². The van der Waals surface area contributed by atoms with Crippen molar-refractivity contribution in [3.05, 3.63) is 63.6 Å². The van der Waals surface area contributed by atoms with Gasteiger partial charge in [-0.3, -0.25) is 9.59 Å². The lowest BCUT2D eigenvalue weighted by Crippen LogP contribution is -2.33. The summed E-state index contributed by atoms with van der Waals surface area (Å²) in [6.07, 6.45) is 4.02. The lowest BCUT2D eigenvalue weighted by Gasteiger charge is -2.32. The first-order valence-electron chi connectivity index (χ1n) is 11.9. The van der Waals surface area contributed by atoms with Gasteiger partial charge in [-0.05, 0) is 17.9 Å². The van der Waals surface area contributed by atoms with Gasteiger partial charge < -0.3 is 14.0 Å². The van der Waals surface area contributed by atoms with Crippen LogP contribution in [0.3, 0.4) is 0 Å². The summed E-state index contributed by atoms with van der Waals surface area (Å²) in [6, 6.07) is 9.70. The Bertz CT molecular complexity index is 1140. The summed E-state index contributed by atoms with van der Waals surface area (Å²) in [4.78, 5) is 26.9. The highest BCUT2D eigenvalue weighted by atomic mass is 28.3. The molecule has 0 N–H and O–H groups in total. The van der Waals surface area contributed by atoms with Crippen LogP contribution in [0.15, 0.2) is 41.3 Å². The van der Waals surface area contributed by atoms with Crippen LogP contribution in [0.25, 0.3) is 0 Å². The summed E-state index contributed by atoms with van der Waals surface area (Å²) in [7, 11) is -1.70. The topological polar surface area (TPSA) is 57.5 Å². The van der Waals surface area contributed by atoms with Gasteiger partial charge in [0.1, 0.15) is 20.4 Å². The quantitative estimate of drug-likeness (QED) is 0.481. The molecule has 2 aromatic rings. The van der Waals surface area contributed by atoms with Crippen LogP contribution < -0.4 is 10.2 Å². The van der Waals surface area contributed by atoms with E-state index >= 15 is 0 Å². The van der Waals surface area contributed by atoms with E-state index in [1.54, 1.807) is 6.20 Å². The summed E-state index contributed by atoms with van der Waals surface area (Å²) in [6.45, 7) is 10.1. The lowest BCUT2D eigenvalue weighted by molar-refractivity contribution is 0.0925. The second-order valence-corrected chi connectivity index (χ2v) is 14.9. The molecule has 4 rings (SSSR count). The highest BCUT2D eigenvalue weighted by molar-refractivity contribution is 6.83. The Morgan fingerprint density at radius 1 is 1.15 bits per heavy atom. The molecule has 5 nitrogen and oxygen atoms in total. The van der Waals surface area contributed by atoms with Gasteiger partial charge in [-0.2, -0.15) is 0 Å². The Kier molecular flexibility index (Phi) is 6.92. The molecule has 3 heterocycles. The summed E-state index contributed by atoms with van der Waals surface area (Å²) < 4.78 is 14.0. The zero-order valence-corrected chi connectivity index (χ0v) is 21.0. The molecular formula is C27H33NO4Si. The largest absolute Gasteiger partial charge is 0.483 e. The zero-order chi connectivity index (χ0) is 23.6.